The Balaban J connectivity index is 0.00000180. The van der Waals surface area contributed by atoms with Crippen LogP contribution in [0.25, 0.3) is 0 Å². The van der Waals surface area contributed by atoms with Gasteiger partial charge in [0.25, 0.3) is 0 Å². The fourth-order valence-electron chi connectivity index (χ4n) is 2.58. The molecule has 19 heavy (non-hydrogen) atoms. The first kappa shape index (κ1) is 16.0. The van der Waals surface area contributed by atoms with Gasteiger partial charge in [0, 0.05) is 12.6 Å². The number of halogens is 1. The maximum atomic E-state index is 8.76. The Morgan fingerprint density at radius 2 is 1.89 bits per heavy atom. The van der Waals surface area contributed by atoms with Gasteiger partial charge in [-0.15, -0.1) is 12.4 Å². The molecular weight excluding hydrogens is 258 g/mol. The summed E-state index contributed by atoms with van der Waals surface area (Å²) in [6, 6.07) is 10.4. The third-order valence-corrected chi connectivity index (χ3v) is 3.87. The zero-order chi connectivity index (χ0) is 13.0. The molecule has 2 N–H and O–H groups in total. The molecule has 1 aromatic rings. The second-order valence-corrected chi connectivity index (χ2v) is 5.28. The van der Waals surface area contributed by atoms with E-state index in [1.165, 1.54) is 18.4 Å². The molecule has 0 spiro atoms. The zero-order valence-corrected chi connectivity index (χ0v) is 12.2. The highest BCUT2D eigenvalue weighted by Crippen LogP contribution is 2.21. The summed E-state index contributed by atoms with van der Waals surface area (Å²) in [7, 11) is 0. The highest BCUT2D eigenvalue weighted by Gasteiger charge is 2.21. The second-order valence-electron chi connectivity index (χ2n) is 5.28. The normalized spacial score (nSPS) is 18.4. The van der Waals surface area contributed by atoms with Crippen LogP contribution in [0.1, 0.15) is 30.9 Å². The van der Waals surface area contributed by atoms with E-state index >= 15 is 0 Å². The third kappa shape index (κ3) is 4.50. The molecule has 0 saturated carbocycles. The summed E-state index contributed by atoms with van der Waals surface area (Å²) in [6.45, 7) is 5.36. The van der Waals surface area contributed by atoms with E-state index in [1.54, 1.807) is 0 Å². The smallest absolute Gasteiger partial charge is 0.0991 e. The number of piperidine rings is 1. The Labute approximate surface area is 121 Å². The number of rotatable bonds is 3. The predicted octanol–water partition coefficient (Wildman–Crippen LogP) is 2.54. The molecule has 0 aliphatic carbocycles. The minimum absolute atomic E-state index is 0. The van der Waals surface area contributed by atoms with Crippen LogP contribution >= 0.6 is 12.4 Å². The van der Waals surface area contributed by atoms with Crippen LogP contribution in [-0.4, -0.2) is 24.0 Å². The highest BCUT2D eigenvalue weighted by atomic mass is 35.5. The van der Waals surface area contributed by atoms with E-state index in [0.29, 0.717) is 12.0 Å². The summed E-state index contributed by atoms with van der Waals surface area (Å²) >= 11 is 0. The summed E-state index contributed by atoms with van der Waals surface area (Å²) < 4.78 is 0. The van der Waals surface area contributed by atoms with Gasteiger partial charge in [-0.05, 0) is 56.5 Å². The number of nitriles is 1. The standard InChI is InChI=1S/C15H21N3.ClH/c1-12(17)15-6-8-18(9-7-15)11-14-4-2-13(10-16)3-5-14;/h2-5,12,15H,6-9,11,17H2,1H3;1H. The molecule has 0 amide bonds. The van der Waals surface area contributed by atoms with Crippen LogP contribution in [0.4, 0.5) is 0 Å². The molecule has 0 bridgehead atoms. The van der Waals surface area contributed by atoms with Crippen molar-refractivity contribution < 1.29 is 0 Å². The van der Waals surface area contributed by atoms with Gasteiger partial charge in [-0.25, -0.2) is 0 Å². The molecule has 0 aromatic heterocycles. The molecule has 3 nitrogen and oxygen atoms in total. The first-order valence-electron chi connectivity index (χ1n) is 6.66. The van der Waals surface area contributed by atoms with Gasteiger partial charge in [-0.3, -0.25) is 4.90 Å². The molecule has 1 saturated heterocycles. The van der Waals surface area contributed by atoms with E-state index in [0.717, 1.165) is 25.2 Å². The van der Waals surface area contributed by atoms with Crippen molar-refractivity contribution in [2.45, 2.75) is 32.4 Å². The quantitative estimate of drug-likeness (QED) is 0.925. The van der Waals surface area contributed by atoms with Gasteiger partial charge in [-0.1, -0.05) is 12.1 Å². The number of likely N-dealkylation sites (tertiary alicyclic amines) is 1. The Hall–Kier alpha value is -1.08. The van der Waals surface area contributed by atoms with Gasteiger partial charge in [-0.2, -0.15) is 5.26 Å². The van der Waals surface area contributed by atoms with Crippen LogP contribution in [0, 0.1) is 17.2 Å². The lowest BCUT2D eigenvalue weighted by molar-refractivity contribution is 0.166. The number of nitrogens with zero attached hydrogens (tertiary/aromatic N) is 2. The topological polar surface area (TPSA) is 53.0 Å². The van der Waals surface area contributed by atoms with E-state index in [2.05, 4.69) is 30.0 Å². The minimum Gasteiger partial charge on any atom is -0.328 e. The Morgan fingerprint density at radius 3 is 2.37 bits per heavy atom. The molecule has 1 fully saturated rings. The predicted molar refractivity (Wildman–Crippen MR) is 80.1 cm³/mol. The van der Waals surface area contributed by atoms with Crippen molar-refractivity contribution in [1.82, 2.24) is 4.90 Å². The molecule has 1 heterocycles. The molecule has 104 valence electrons. The highest BCUT2D eigenvalue weighted by molar-refractivity contribution is 5.85. The van der Waals surface area contributed by atoms with E-state index in [9.17, 15) is 0 Å². The van der Waals surface area contributed by atoms with Crippen molar-refractivity contribution >= 4 is 12.4 Å². The third-order valence-electron chi connectivity index (χ3n) is 3.87. The summed E-state index contributed by atoms with van der Waals surface area (Å²) in [5.74, 6) is 0.683. The fraction of sp³-hybridized carbons (Fsp3) is 0.533. The maximum Gasteiger partial charge on any atom is 0.0991 e. The molecule has 0 radical (unpaired) electrons. The molecule has 1 aliphatic rings. The molecule has 4 heteroatoms. The average Bonchev–Trinajstić information content (AvgIpc) is 2.40. The Bertz CT molecular complexity index is 414. The molecule has 1 atom stereocenters. The molecule has 2 rings (SSSR count). The van der Waals surface area contributed by atoms with Crippen molar-refractivity contribution in [3.8, 4) is 6.07 Å². The fourth-order valence-corrected chi connectivity index (χ4v) is 2.58. The van der Waals surface area contributed by atoms with Crippen LogP contribution in [0.3, 0.4) is 0 Å². The van der Waals surface area contributed by atoms with Crippen molar-refractivity contribution in [3.05, 3.63) is 35.4 Å². The average molecular weight is 280 g/mol. The molecule has 1 aliphatic heterocycles. The van der Waals surface area contributed by atoms with E-state index in [1.807, 2.05) is 12.1 Å². The molecule has 1 aromatic carbocycles. The van der Waals surface area contributed by atoms with Gasteiger partial charge in [0.2, 0.25) is 0 Å². The summed E-state index contributed by atoms with van der Waals surface area (Å²) in [6.07, 6.45) is 2.40. The van der Waals surface area contributed by atoms with Gasteiger partial charge < -0.3 is 5.73 Å². The summed E-state index contributed by atoms with van der Waals surface area (Å²) in [4.78, 5) is 2.47. The minimum atomic E-state index is 0. The summed E-state index contributed by atoms with van der Waals surface area (Å²) in [5, 5.41) is 8.76. The zero-order valence-electron chi connectivity index (χ0n) is 11.4. The number of hydrogen-bond donors (Lipinski definition) is 1. The lowest BCUT2D eigenvalue weighted by atomic mass is 9.91. The van der Waals surface area contributed by atoms with Crippen molar-refractivity contribution in [3.63, 3.8) is 0 Å². The van der Waals surface area contributed by atoms with Gasteiger partial charge in [0.05, 0.1) is 11.6 Å². The monoisotopic (exact) mass is 279 g/mol. The van der Waals surface area contributed by atoms with E-state index in [-0.39, 0.29) is 12.4 Å². The number of benzene rings is 1. The van der Waals surface area contributed by atoms with Crippen molar-refractivity contribution in [1.29, 1.82) is 5.26 Å². The first-order chi connectivity index (χ1) is 8.69. The maximum absolute atomic E-state index is 8.76. The lowest BCUT2D eigenvalue weighted by Gasteiger charge is -2.33. The van der Waals surface area contributed by atoms with Gasteiger partial charge >= 0.3 is 0 Å². The van der Waals surface area contributed by atoms with Crippen molar-refractivity contribution in [2.75, 3.05) is 13.1 Å². The van der Waals surface area contributed by atoms with Crippen LogP contribution in [0.2, 0.25) is 0 Å². The van der Waals surface area contributed by atoms with Gasteiger partial charge in [0.15, 0.2) is 0 Å². The lowest BCUT2D eigenvalue weighted by Crippen LogP contribution is -2.39. The van der Waals surface area contributed by atoms with E-state index in [4.69, 9.17) is 11.0 Å². The van der Waals surface area contributed by atoms with E-state index < -0.39 is 0 Å². The number of nitrogens with two attached hydrogens (primary N) is 1. The SMILES string of the molecule is CC(N)C1CCN(Cc2ccc(C#N)cc2)CC1.Cl. The van der Waals surface area contributed by atoms with Crippen LogP contribution in [-0.2, 0) is 6.54 Å². The van der Waals surface area contributed by atoms with Gasteiger partial charge in [0.1, 0.15) is 0 Å². The second kappa shape index (κ2) is 7.49. The summed E-state index contributed by atoms with van der Waals surface area (Å²) in [5.41, 5.74) is 7.96. The van der Waals surface area contributed by atoms with Crippen molar-refractivity contribution in [2.24, 2.45) is 11.7 Å². The largest absolute Gasteiger partial charge is 0.328 e. The Kier molecular flexibility index (Phi) is 6.30. The molecular formula is C15H22ClN3. The molecule has 1 unspecified atom stereocenters. The Morgan fingerprint density at radius 1 is 1.32 bits per heavy atom. The van der Waals surface area contributed by atoms with Crippen LogP contribution < -0.4 is 5.73 Å². The number of hydrogen-bond acceptors (Lipinski definition) is 3. The first-order valence-corrected chi connectivity index (χ1v) is 6.66. The van der Waals surface area contributed by atoms with Crippen LogP contribution in [0.5, 0.6) is 0 Å². The van der Waals surface area contributed by atoms with Crippen LogP contribution in [0.15, 0.2) is 24.3 Å².